The molecule has 1 N–H and O–H groups in total. The molecule has 3 rings (SSSR count). The lowest BCUT2D eigenvalue weighted by molar-refractivity contribution is 0.0303. The molecule has 130 valence electrons. The number of hydrogen-bond acceptors (Lipinski definition) is 3. The number of halogens is 2. The van der Waals surface area contributed by atoms with Gasteiger partial charge >= 0.3 is 0 Å². The Labute approximate surface area is 149 Å². The van der Waals surface area contributed by atoms with Crippen LogP contribution in [0.3, 0.4) is 0 Å². The molecule has 1 fully saturated rings. The molecule has 0 aliphatic carbocycles. The van der Waals surface area contributed by atoms with Gasteiger partial charge in [0.05, 0.1) is 18.2 Å². The van der Waals surface area contributed by atoms with Crippen LogP contribution in [-0.4, -0.2) is 43.0 Å². The molecule has 0 saturated carbocycles. The van der Waals surface area contributed by atoms with Crippen LogP contribution in [0.5, 0.6) is 0 Å². The molecule has 1 saturated heterocycles. The summed E-state index contributed by atoms with van der Waals surface area (Å²) in [6, 6.07) is 10.4. The standard InChI is InChI=1S/C18H16ClFN2O3/c19-15-11-14(4-5-16(15)20)21-17(23)12-2-1-3-13(10-12)18(24)22-6-8-25-9-7-22/h1-5,10-11H,6-9H2,(H,21,23). The van der Waals surface area contributed by atoms with Crippen LogP contribution in [0, 0.1) is 5.82 Å². The highest BCUT2D eigenvalue weighted by atomic mass is 35.5. The first kappa shape index (κ1) is 17.4. The Hall–Kier alpha value is -2.44. The van der Waals surface area contributed by atoms with Crippen LogP contribution in [-0.2, 0) is 4.74 Å². The summed E-state index contributed by atoms with van der Waals surface area (Å²) in [5.41, 5.74) is 1.15. The number of nitrogens with zero attached hydrogens (tertiary/aromatic N) is 1. The Morgan fingerprint density at radius 2 is 1.80 bits per heavy atom. The molecule has 2 amide bonds. The van der Waals surface area contributed by atoms with E-state index in [0.717, 1.165) is 0 Å². The molecule has 0 unspecified atom stereocenters. The van der Waals surface area contributed by atoms with Gasteiger partial charge < -0.3 is 15.0 Å². The van der Waals surface area contributed by atoms with E-state index in [4.69, 9.17) is 16.3 Å². The summed E-state index contributed by atoms with van der Waals surface area (Å²) in [6.45, 7) is 2.08. The van der Waals surface area contributed by atoms with E-state index in [1.807, 2.05) is 0 Å². The fraction of sp³-hybridized carbons (Fsp3) is 0.222. The highest BCUT2D eigenvalue weighted by molar-refractivity contribution is 6.31. The van der Waals surface area contributed by atoms with Gasteiger partial charge in [-0.2, -0.15) is 0 Å². The first-order chi connectivity index (χ1) is 12.0. The SMILES string of the molecule is O=C(Nc1ccc(F)c(Cl)c1)c1cccc(C(=O)N2CCOCC2)c1. The third kappa shape index (κ3) is 4.15. The number of ether oxygens (including phenoxy) is 1. The number of benzene rings is 2. The molecule has 2 aromatic carbocycles. The molecule has 7 heteroatoms. The molecule has 0 radical (unpaired) electrons. The van der Waals surface area contributed by atoms with E-state index >= 15 is 0 Å². The summed E-state index contributed by atoms with van der Waals surface area (Å²) in [5.74, 6) is -1.10. The van der Waals surface area contributed by atoms with Crippen LogP contribution in [0.2, 0.25) is 5.02 Å². The highest BCUT2D eigenvalue weighted by Crippen LogP contribution is 2.20. The summed E-state index contributed by atoms with van der Waals surface area (Å²) in [7, 11) is 0. The van der Waals surface area contributed by atoms with E-state index in [1.165, 1.54) is 24.3 Å². The Balaban J connectivity index is 1.74. The van der Waals surface area contributed by atoms with Crippen LogP contribution in [0.15, 0.2) is 42.5 Å². The van der Waals surface area contributed by atoms with Gasteiger partial charge in [-0.3, -0.25) is 9.59 Å². The van der Waals surface area contributed by atoms with Gasteiger partial charge in [-0.1, -0.05) is 17.7 Å². The van der Waals surface area contributed by atoms with E-state index in [0.29, 0.717) is 43.1 Å². The maximum absolute atomic E-state index is 13.2. The van der Waals surface area contributed by atoms with Crippen molar-refractivity contribution >= 4 is 29.1 Å². The number of carbonyl (C=O) groups excluding carboxylic acids is 2. The lowest BCUT2D eigenvalue weighted by Gasteiger charge is -2.27. The number of hydrogen-bond donors (Lipinski definition) is 1. The van der Waals surface area contributed by atoms with Gasteiger partial charge in [-0.25, -0.2) is 4.39 Å². The number of anilines is 1. The van der Waals surface area contributed by atoms with Crippen molar-refractivity contribution in [1.82, 2.24) is 4.90 Å². The maximum Gasteiger partial charge on any atom is 0.255 e. The van der Waals surface area contributed by atoms with Crippen molar-refractivity contribution in [3.05, 3.63) is 64.4 Å². The van der Waals surface area contributed by atoms with Crippen LogP contribution >= 0.6 is 11.6 Å². The predicted octanol–water partition coefficient (Wildman–Crippen LogP) is 3.20. The van der Waals surface area contributed by atoms with Crippen LogP contribution in [0.25, 0.3) is 0 Å². The molecule has 5 nitrogen and oxygen atoms in total. The van der Waals surface area contributed by atoms with Crippen molar-refractivity contribution in [1.29, 1.82) is 0 Å². The van der Waals surface area contributed by atoms with Crippen LogP contribution < -0.4 is 5.32 Å². The van der Waals surface area contributed by atoms with E-state index in [-0.39, 0.29) is 10.9 Å². The van der Waals surface area contributed by atoms with Gasteiger partial charge in [-0.05, 0) is 36.4 Å². The van der Waals surface area contributed by atoms with Crippen LogP contribution in [0.1, 0.15) is 20.7 Å². The van der Waals surface area contributed by atoms with Gasteiger partial charge in [0, 0.05) is 29.9 Å². The van der Waals surface area contributed by atoms with Gasteiger partial charge in [0.1, 0.15) is 5.82 Å². The summed E-state index contributed by atoms with van der Waals surface area (Å²) in [6.07, 6.45) is 0. The van der Waals surface area contributed by atoms with E-state index in [9.17, 15) is 14.0 Å². The zero-order valence-corrected chi connectivity index (χ0v) is 14.1. The van der Waals surface area contributed by atoms with E-state index in [1.54, 1.807) is 23.1 Å². The van der Waals surface area contributed by atoms with Crippen molar-refractivity contribution < 1.29 is 18.7 Å². The highest BCUT2D eigenvalue weighted by Gasteiger charge is 2.19. The van der Waals surface area contributed by atoms with Gasteiger partial charge in [0.25, 0.3) is 11.8 Å². The Morgan fingerprint density at radius 1 is 1.08 bits per heavy atom. The second-order valence-electron chi connectivity index (χ2n) is 5.57. The molecule has 25 heavy (non-hydrogen) atoms. The molecule has 1 aliphatic rings. The monoisotopic (exact) mass is 362 g/mol. The Kier molecular flexibility index (Phi) is 5.31. The van der Waals surface area contributed by atoms with Gasteiger partial charge in [0.2, 0.25) is 0 Å². The molecular formula is C18H16ClFN2O3. The average molecular weight is 363 g/mol. The minimum Gasteiger partial charge on any atom is -0.378 e. The molecular weight excluding hydrogens is 347 g/mol. The fourth-order valence-electron chi connectivity index (χ4n) is 2.52. The topological polar surface area (TPSA) is 58.6 Å². The third-order valence-corrected chi connectivity index (χ3v) is 4.14. The quantitative estimate of drug-likeness (QED) is 0.912. The van der Waals surface area contributed by atoms with Crippen molar-refractivity contribution in [3.63, 3.8) is 0 Å². The third-order valence-electron chi connectivity index (χ3n) is 3.85. The van der Waals surface area contributed by atoms with E-state index in [2.05, 4.69) is 5.32 Å². The zero-order chi connectivity index (χ0) is 17.8. The summed E-state index contributed by atoms with van der Waals surface area (Å²) in [5, 5.41) is 2.56. The minimum absolute atomic E-state index is 0.0750. The van der Waals surface area contributed by atoms with Crippen molar-refractivity contribution in [2.75, 3.05) is 31.6 Å². The smallest absolute Gasteiger partial charge is 0.255 e. The molecule has 2 aromatic rings. The maximum atomic E-state index is 13.2. The van der Waals surface area contributed by atoms with Crippen molar-refractivity contribution in [3.8, 4) is 0 Å². The lowest BCUT2D eigenvalue weighted by atomic mass is 10.1. The lowest BCUT2D eigenvalue weighted by Crippen LogP contribution is -2.40. The average Bonchev–Trinajstić information content (AvgIpc) is 2.65. The number of rotatable bonds is 3. The number of carbonyl (C=O) groups is 2. The van der Waals surface area contributed by atoms with E-state index < -0.39 is 11.7 Å². The molecule has 0 bridgehead atoms. The Bertz CT molecular complexity index is 807. The summed E-state index contributed by atoms with van der Waals surface area (Å²) in [4.78, 5) is 26.6. The molecule has 1 heterocycles. The molecule has 0 spiro atoms. The molecule has 0 aromatic heterocycles. The molecule has 0 atom stereocenters. The summed E-state index contributed by atoms with van der Waals surface area (Å²) >= 11 is 5.71. The second-order valence-corrected chi connectivity index (χ2v) is 5.98. The largest absolute Gasteiger partial charge is 0.378 e. The number of amides is 2. The van der Waals surface area contributed by atoms with Crippen LogP contribution in [0.4, 0.5) is 10.1 Å². The van der Waals surface area contributed by atoms with Crippen molar-refractivity contribution in [2.24, 2.45) is 0 Å². The summed E-state index contributed by atoms with van der Waals surface area (Å²) < 4.78 is 18.4. The zero-order valence-electron chi connectivity index (χ0n) is 13.3. The van der Waals surface area contributed by atoms with Crippen molar-refractivity contribution in [2.45, 2.75) is 0 Å². The minimum atomic E-state index is -0.558. The molecule has 1 aliphatic heterocycles. The second kappa shape index (κ2) is 7.63. The predicted molar refractivity (Wildman–Crippen MR) is 92.5 cm³/mol. The Morgan fingerprint density at radius 3 is 2.52 bits per heavy atom. The van der Waals surface area contributed by atoms with Gasteiger partial charge in [-0.15, -0.1) is 0 Å². The number of morpholine rings is 1. The first-order valence-corrected chi connectivity index (χ1v) is 8.16. The fourth-order valence-corrected chi connectivity index (χ4v) is 2.70. The normalized spacial score (nSPS) is 14.2. The number of nitrogens with one attached hydrogen (secondary N) is 1. The van der Waals surface area contributed by atoms with Gasteiger partial charge in [0.15, 0.2) is 0 Å². The first-order valence-electron chi connectivity index (χ1n) is 7.78.